The number of benzene rings is 2. The van der Waals surface area contributed by atoms with E-state index >= 15 is 0 Å². The van der Waals surface area contributed by atoms with E-state index in [2.05, 4.69) is 19.1 Å². The molecule has 0 aliphatic carbocycles. The topological polar surface area (TPSA) is 27.7 Å². The molecule has 3 nitrogen and oxygen atoms in total. The zero-order valence-corrected chi connectivity index (χ0v) is 15.8. The summed E-state index contributed by atoms with van der Waals surface area (Å²) in [6, 6.07) is 10.8. The van der Waals surface area contributed by atoms with Crippen LogP contribution in [0.2, 0.25) is 0 Å². The second-order valence-electron chi connectivity index (χ2n) is 6.79. The summed E-state index contributed by atoms with van der Waals surface area (Å²) in [6.45, 7) is 5.06. The summed E-state index contributed by atoms with van der Waals surface area (Å²) in [4.78, 5) is 0. The van der Waals surface area contributed by atoms with E-state index in [1.54, 1.807) is 6.92 Å². The molecular weight excluding hydrogens is 350 g/mol. The molecule has 2 atom stereocenters. The third-order valence-corrected chi connectivity index (χ3v) is 4.98. The van der Waals surface area contributed by atoms with Crippen molar-refractivity contribution in [3.05, 3.63) is 59.2 Å². The minimum Gasteiger partial charge on any atom is -0.491 e. The predicted octanol–water partition coefficient (Wildman–Crippen LogP) is 5.62. The third kappa shape index (κ3) is 4.78. The fourth-order valence-electron chi connectivity index (χ4n) is 3.33. The zero-order chi connectivity index (χ0) is 19.2. The highest BCUT2D eigenvalue weighted by molar-refractivity contribution is 5.35. The number of rotatable bonds is 7. The van der Waals surface area contributed by atoms with Crippen molar-refractivity contribution in [2.45, 2.75) is 51.7 Å². The summed E-state index contributed by atoms with van der Waals surface area (Å²) >= 11 is 0. The monoisotopic (exact) mass is 376 g/mol. The molecule has 2 unspecified atom stereocenters. The Kier molecular flexibility index (Phi) is 6.67. The van der Waals surface area contributed by atoms with Gasteiger partial charge in [-0.3, -0.25) is 0 Å². The molecule has 2 aromatic carbocycles. The van der Waals surface area contributed by atoms with E-state index in [-0.39, 0.29) is 24.7 Å². The highest BCUT2D eigenvalue weighted by atomic mass is 19.2. The number of hydrogen-bond acceptors (Lipinski definition) is 3. The Morgan fingerprint density at radius 3 is 2.15 bits per heavy atom. The van der Waals surface area contributed by atoms with Crippen molar-refractivity contribution in [2.75, 3.05) is 13.2 Å². The molecule has 0 radical (unpaired) electrons. The molecule has 0 bridgehead atoms. The fraction of sp³-hybridized carbons (Fsp3) is 0.455. The first-order valence-electron chi connectivity index (χ1n) is 9.56. The van der Waals surface area contributed by atoms with Crippen molar-refractivity contribution in [1.29, 1.82) is 0 Å². The van der Waals surface area contributed by atoms with Gasteiger partial charge in [0.25, 0.3) is 0 Å². The lowest BCUT2D eigenvalue weighted by molar-refractivity contribution is 0.00203. The Morgan fingerprint density at radius 1 is 0.926 bits per heavy atom. The van der Waals surface area contributed by atoms with Gasteiger partial charge in [0.1, 0.15) is 6.61 Å². The van der Waals surface area contributed by atoms with E-state index in [1.807, 2.05) is 12.1 Å². The van der Waals surface area contributed by atoms with Crippen LogP contribution in [0.15, 0.2) is 36.4 Å². The molecule has 0 N–H and O–H groups in total. The van der Waals surface area contributed by atoms with Crippen LogP contribution < -0.4 is 9.47 Å². The smallest absolute Gasteiger partial charge is 0.204 e. The van der Waals surface area contributed by atoms with E-state index in [9.17, 15) is 8.78 Å². The van der Waals surface area contributed by atoms with Gasteiger partial charge in [-0.05, 0) is 49.4 Å². The molecule has 0 amide bonds. The van der Waals surface area contributed by atoms with Gasteiger partial charge in [-0.1, -0.05) is 31.2 Å². The molecule has 1 fully saturated rings. The molecule has 1 heterocycles. The van der Waals surface area contributed by atoms with Gasteiger partial charge in [0.2, 0.25) is 11.6 Å². The first-order valence-corrected chi connectivity index (χ1v) is 9.56. The van der Waals surface area contributed by atoms with Crippen LogP contribution in [0.3, 0.4) is 0 Å². The normalized spacial score (nSPS) is 19.7. The Labute approximate surface area is 159 Å². The highest BCUT2D eigenvalue weighted by Crippen LogP contribution is 2.30. The van der Waals surface area contributed by atoms with E-state index in [1.165, 1.54) is 17.7 Å². The lowest BCUT2D eigenvalue weighted by Gasteiger charge is -2.28. The van der Waals surface area contributed by atoms with Crippen LogP contribution >= 0.6 is 0 Å². The summed E-state index contributed by atoms with van der Waals surface area (Å²) in [5.41, 5.74) is 2.14. The van der Waals surface area contributed by atoms with E-state index in [0.717, 1.165) is 31.4 Å². The van der Waals surface area contributed by atoms with Crippen LogP contribution in [0.25, 0.3) is 0 Å². The van der Waals surface area contributed by atoms with Gasteiger partial charge >= 0.3 is 0 Å². The Balaban J connectivity index is 1.58. The summed E-state index contributed by atoms with van der Waals surface area (Å²) < 4.78 is 44.3. The van der Waals surface area contributed by atoms with Crippen molar-refractivity contribution in [3.8, 4) is 11.5 Å². The van der Waals surface area contributed by atoms with E-state index in [0.29, 0.717) is 12.0 Å². The molecule has 1 aliphatic heterocycles. The molecule has 5 heteroatoms. The van der Waals surface area contributed by atoms with Gasteiger partial charge in [-0.15, -0.1) is 0 Å². The van der Waals surface area contributed by atoms with Crippen LogP contribution in [-0.4, -0.2) is 19.3 Å². The number of hydrogen-bond donors (Lipinski definition) is 0. The van der Waals surface area contributed by atoms with Gasteiger partial charge in [0.05, 0.1) is 19.3 Å². The van der Waals surface area contributed by atoms with Crippen LogP contribution in [0, 0.1) is 11.6 Å². The van der Waals surface area contributed by atoms with Gasteiger partial charge in [-0.25, -0.2) is 0 Å². The molecule has 0 spiro atoms. The van der Waals surface area contributed by atoms with Crippen molar-refractivity contribution in [1.82, 2.24) is 0 Å². The second kappa shape index (κ2) is 9.18. The van der Waals surface area contributed by atoms with Crippen molar-refractivity contribution in [2.24, 2.45) is 0 Å². The molecule has 0 saturated carbocycles. The fourth-order valence-corrected chi connectivity index (χ4v) is 3.33. The maximum Gasteiger partial charge on any atom is 0.204 e. The SMILES string of the molecule is CCOc1ccc(OCc2ccc(C3CCC(CC)OC3)cc2)c(F)c1F. The zero-order valence-electron chi connectivity index (χ0n) is 15.8. The molecule has 146 valence electrons. The van der Waals surface area contributed by atoms with Crippen molar-refractivity contribution in [3.63, 3.8) is 0 Å². The lowest BCUT2D eigenvalue weighted by atomic mass is 9.90. The second-order valence-corrected chi connectivity index (χ2v) is 6.79. The molecule has 2 aromatic rings. The van der Waals surface area contributed by atoms with Crippen molar-refractivity contribution < 1.29 is 23.0 Å². The van der Waals surface area contributed by atoms with E-state index in [4.69, 9.17) is 14.2 Å². The summed E-state index contributed by atoms with van der Waals surface area (Å²) in [7, 11) is 0. The first kappa shape index (κ1) is 19.6. The minimum atomic E-state index is -1.03. The Bertz CT molecular complexity index is 738. The van der Waals surface area contributed by atoms with Gasteiger partial charge in [-0.2, -0.15) is 8.78 Å². The van der Waals surface area contributed by atoms with Crippen LogP contribution in [-0.2, 0) is 11.3 Å². The molecule has 1 aliphatic rings. The maximum atomic E-state index is 14.1. The van der Waals surface area contributed by atoms with E-state index < -0.39 is 11.6 Å². The Hall–Kier alpha value is -2.14. The molecule has 3 rings (SSSR count). The lowest BCUT2D eigenvalue weighted by Crippen LogP contribution is -2.24. The summed E-state index contributed by atoms with van der Waals surface area (Å²) in [5, 5.41) is 0. The highest BCUT2D eigenvalue weighted by Gasteiger charge is 2.21. The molecular formula is C22H26F2O3. The Morgan fingerprint density at radius 2 is 1.59 bits per heavy atom. The predicted molar refractivity (Wildman–Crippen MR) is 100 cm³/mol. The standard InChI is InChI=1S/C22H26F2O3/c1-3-18-10-9-17(14-26-18)16-7-5-15(6-8-16)13-27-20-12-11-19(25-4-2)21(23)22(20)24/h5-8,11-12,17-18H,3-4,9-10,13-14H2,1-2H3. The molecule has 1 saturated heterocycles. The minimum absolute atomic E-state index is 0.105. The molecule has 27 heavy (non-hydrogen) atoms. The number of ether oxygens (including phenoxy) is 3. The molecule has 0 aromatic heterocycles. The number of halogens is 2. The van der Waals surface area contributed by atoms with Crippen molar-refractivity contribution >= 4 is 0 Å². The van der Waals surface area contributed by atoms with Crippen LogP contribution in [0.4, 0.5) is 8.78 Å². The quantitative estimate of drug-likeness (QED) is 0.628. The van der Waals surface area contributed by atoms with Gasteiger partial charge < -0.3 is 14.2 Å². The third-order valence-electron chi connectivity index (χ3n) is 4.98. The first-order chi connectivity index (χ1) is 13.1. The van der Waals surface area contributed by atoms with Gasteiger partial charge in [0.15, 0.2) is 11.5 Å². The summed E-state index contributed by atoms with van der Waals surface area (Å²) in [6.07, 6.45) is 3.67. The average Bonchev–Trinajstić information content (AvgIpc) is 2.71. The van der Waals surface area contributed by atoms with Crippen LogP contribution in [0.1, 0.15) is 50.2 Å². The average molecular weight is 376 g/mol. The summed E-state index contributed by atoms with van der Waals surface area (Å²) in [5.74, 6) is -1.85. The van der Waals surface area contributed by atoms with Gasteiger partial charge in [0, 0.05) is 5.92 Å². The maximum absolute atomic E-state index is 14.1. The van der Waals surface area contributed by atoms with Crippen LogP contribution in [0.5, 0.6) is 11.5 Å². The largest absolute Gasteiger partial charge is 0.491 e.